The van der Waals surface area contributed by atoms with Crippen molar-refractivity contribution >= 4 is 121 Å². The van der Waals surface area contributed by atoms with Gasteiger partial charge in [0.1, 0.15) is 69.7 Å². The van der Waals surface area contributed by atoms with Crippen LogP contribution in [0, 0.1) is 34.9 Å². The minimum absolute atomic E-state index is 0.00992. The number of aromatic nitrogens is 5. The topological polar surface area (TPSA) is 343 Å². The van der Waals surface area contributed by atoms with E-state index in [2.05, 4.69) is 47.3 Å². The Bertz CT molecular complexity index is 6590. The number of benzene rings is 8. The number of hydrogen-bond donors (Lipinski definition) is 4. The maximum absolute atomic E-state index is 13.1. The molecule has 0 unspecified atom stereocenters. The molecule has 3 amide bonds. The number of hydrogen-bond acceptors (Lipinski definition) is 31. The van der Waals surface area contributed by atoms with Gasteiger partial charge in [0.15, 0.2) is 21.6 Å². The van der Waals surface area contributed by atoms with Crippen molar-refractivity contribution in [2.24, 2.45) is 10.7 Å². The lowest BCUT2D eigenvalue weighted by Gasteiger charge is -2.28. The number of primary amides is 1. The van der Waals surface area contributed by atoms with Crippen LogP contribution < -0.4 is 11.1 Å². The third-order valence-electron chi connectivity index (χ3n) is 21.5. The molecule has 0 aliphatic carbocycles. The van der Waals surface area contributed by atoms with E-state index in [1.807, 2.05) is 36.4 Å². The third-order valence-corrected chi connectivity index (χ3v) is 28.1. The van der Waals surface area contributed by atoms with Crippen LogP contribution in [0.5, 0.6) is 0 Å². The zero-order chi connectivity index (χ0) is 107. The lowest BCUT2D eigenvalue weighted by atomic mass is 9.99. The zero-order valence-electron chi connectivity index (χ0n) is 84.3. The number of aliphatic hydroxyl groups is 2. The van der Waals surface area contributed by atoms with Crippen molar-refractivity contribution in [3.8, 4) is 77.9 Å². The highest BCUT2D eigenvalue weighted by Gasteiger charge is 2.26. The molecule has 5 N–H and O–H groups in total. The molecule has 0 radical (unpaired) electrons. The number of ketones is 2. The number of nitrogens with zero attached hydrogens (tertiary/aromatic N) is 9. The Balaban J connectivity index is 0.000000178. The number of amidine groups is 1. The Morgan fingerprint density at radius 1 is 0.456 bits per heavy atom. The molecule has 2 aliphatic rings. The number of likely N-dealkylation sites (N-methyl/N-ethyl adjacent to an activating group) is 1. The van der Waals surface area contributed by atoms with E-state index in [0.29, 0.717) is 110 Å². The van der Waals surface area contributed by atoms with Crippen molar-refractivity contribution in [3.05, 3.63) is 299 Å². The number of piperidine rings is 1. The van der Waals surface area contributed by atoms with E-state index in [9.17, 15) is 55.4 Å². The number of amides is 3. The third kappa shape index (κ3) is 37.6. The summed E-state index contributed by atoms with van der Waals surface area (Å²) in [6, 6.07) is 53.3. The summed E-state index contributed by atoms with van der Waals surface area (Å²) >= 11 is 14.5. The first kappa shape index (κ1) is 119. The zero-order valence-corrected chi connectivity index (χ0v) is 90.0. The normalized spacial score (nSPS) is 12.1. The molecule has 0 bridgehead atoms. The first-order valence-corrected chi connectivity index (χ1v) is 52.0. The average Bonchev–Trinajstić information content (AvgIpc) is 1.38. The lowest BCUT2D eigenvalue weighted by Crippen LogP contribution is -2.35. The Morgan fingerprint density at radius 2 is 0.839 bits per heavy atom. The fourth-order valence-electron chi connectivity index (χ4n) is 14.3. The maximum Gasteiger partial charge on any atom is 0.289 e. The van der Waals surface area contributed by atoms with Gasteiger partial charge in [0, 0.05) is 154 Å². The summed E-state index contributed by atoms with van der Waals surface area (Å²) in [6.07, 6.45) is 2.58. The predicted molar refractivity (Wildman–Crippen MR) is 572 cm³/mol. The number of thiophene rings is 1. The number of carbonyl (C=O) groups excluding carboxylic acids is 5. The number of halogens is 7. The minimum Gasteiger partial charge on any atom is -0.463 e. The van der Waals surface area contributed by atoms with Gasteiger partial charge in [-0.05, 0) is 211 Å². The van der Waals surface area contributed by atoms with Crippen molar-refractivity contribution in [2.45, 2.75) is 111 Å². The number of carbonyl (C=O) groups is 5. The molecule has 0 atom stereocenters. The number of nitrogens with two attached hydrogens (primary N) is 1. The Hall–Kier alpha value is -12.0. The van der Waals surface area contributed by atoms with E-state index in [-0.39, 0.29) is 104 Å². The van der Waals surface area contributed by atoms with Gasteiger partial charge in [0.05, 0.1) is 136 Å². The van der Waals surface area contributed by atoms with Gasteiger partial charge < -0.3 is 78.4 Å². The molecule has 16 rings (SSSR count). The van der Waals surface area contributed by atoms with E-state index >= 15 is 0 Å². The molecule has 149 heavy (non-hydrogen) atoms. The van der Waals surface area contributed by atoms with Crippen LogP contribution in [-0.4, -0.2) is 215 Å². The first-order chi connectivity index (χ1) is 71.8. The summed E-state index contributed by atoms with van der Waals surface area (Å²) in [6.45, 7) is 9.02. The summed E-state index contributed by atoms with van der Waals surface area (Å²) in [5.74, 6) is -2.47. The Kier molecular flexibility index (Phi) is 49.5. The van der Waals surface area contributed by atoms with Gasteiger partial charge in [-0.1, -0.05) is 48.9 Å². The minimum atomic E-state index is -0.526. The van der Waals surface area contributed by atoms with Crippen LogP contribution in [0.3, 0.4) is 0 Å². The number of nitrogens with one attached hydrogen (secondary N) is 1. The Morgan fingerprint density at radius 3 is 1.23 bits per heavy atom. The number of Topliss-reactive ketones (excluding diaryl/α,β-unsaturated/α-hetero) is 2. The van der Waals surface area contributed by atoms with Crippen molar-refractivity contribution in [1.82, 2.24) is 39.6 Å². The van der Waals surface area contributed by atoms with Crippen LogP contribution in [-0.2, 0) is 123 Å². The highest BCUT2D eigenvalue weighted by Crippen LogP contribution is 2.39. The molecule has 1 saturated heterocycles. The standard InChI is InChI=1S/C17H17ClN2O2.C17H21FN2O2S.C16H19FN2O3S.C15H16FNO3S.C15H16FNO2S.C14H15FN2O3S.C14H14FNO2S/c1-21-11-13-10-15(20-17-19-8-9-22-17)6-7-16(13)12-2-4-14(18)5-3-12;1-22-11-15-17(12-2-4-13(18)5-3-12)19-16(23-15)10-20-8-6-14(21)7-9-20;1-19(2)15(20)10-22-9-14-18-16(13(23-14)8-21-3)11-4-6-12(17)7-5-11;1-20-9-13-14(10-4-6-11(16)7-5-10)17-15(21-13)12(19)3-2-8-18;1-17(2)15(18)13-8-11(9-19-3)14(20-13)10-4-6-12(16)7-5-10;1-19-6-11-14(9-2-4-10(15)5-3-9)17-13(21-11)8-20-7-12(16)18;1-3-11(17)14-16-13(12(19-14)8-18-2)9-4-6-10(15)7-5-9/h2-7,10H,8-9,11H2,1H3,(H,19,20);2-5,14,21H,6-11H2,1H3;4-7H,8-10H2,1-3H3;4-7,18H,2-3,8-9H2,1H3;4-8H,9H2,1-3H3;2-5H,6-8H2,1H3,(H2,16,18);4-7H,3,8H2,1-2H3. The molecule has 6 aromatic heterocycles. The van der Waals surface area contributed by atoms with Gasteiger partial charge in [-0.25, -0.2) is 56.3 Å². The second-order valence-electron chi connectivity index (χ2n) is 33.3. The first-order valence-electron chi connectivity index (χ1n) is 46.7. The van der Waals surface area contributed by atoms with Gasteiger partial charge in [0.2, 0.25) is 11.8 Å². The maximum atomic E-state index is 13.1. The van der Waals surface area contributed by atoms with Gasteiger partial charge in [-0.2, -0.15) is 0 Å². The molecule has 1 fully saturated rings. The van der Waals surface area contributed by atoms with E-state index < -0.39 is 5.91 Å². The van der Waals surface area contributed by atoms with Gasteiger partial charge in [-0.15, -0.1) is 68.0 Å². The van der Waals surface area contributed by atoms with Crippen LogP contribution in [0.1, 0.15) is 119 Å². The average molecular weight is 2180 g/mol. The van der Waals surface area contributed by atoms with E-state index in [1.165, 1.54) is 139 Å². The van der Waals surface area contributed by atoms with Crippen LogP contribution >= 0.6 is 79.6 Å². The molecule has 0 saturated carbocycles. The van der Waals surface area contributed by atoms with Gasteiger partial charge >= 0.3 is 0 Å². The second kappa shape index (κ2) is 62.0. The molecule has 8 heterocycles. The summed E-state index contributed by atoms with van der Waals surface area (Å²) in [5.41, 5.74) is 18.9. The van der Waals surface area contributed by atoms with Crippen LogP contribution in [0.2, 0.25) is 5.02 Å². The Labute approximate surface area is 890 Å². The van der Waals surface area contributed by atoms with E-state index in [1.54, 1.807) is 169 Å². The smallest absolute Gasteiger partial charge is 0.289 e. The highest BCUT2D eigenvalue weighted by atomic mass is 35.5. The van der Waals surface area contributed by atoms with Gasteiger partial charge in [0.25, 0.3) is 11.9 Å². The molecule has 8 aromatic carbocycles. The van der Waals surface area contributed by atoms with Crippen LogP contribution in [0.4, 0.5) is 32.0 Å². The number of methoxy groups -OCH3 is 7. The SMILES string of the molecule is CCC(=O)c1nc(-c2ccc(F)cc2)c(COC)s1.COCc1cc(C(=O)N(C)C)sc1-c1ccc(F)cc1.COCc1cc(NC2=NCCO2)ccc1-c1ccc(Cl)cc1.COCc1sc(C(=O)CCCO)nc1-c1ccc(F)cc1.COCc1sc(CN2CCC(O)CC2)nc1-c1ccc(F)cc1.COCc1sc(COCC(=O)N(C)C)nc1-c1ccc(F)cc1.COCc1sc(COCC(N)=O)nc1-c1ccc(F)cc1. The predicted octanol–water partition coefficient (Wildman–Crippen LogP) is 21.9. The fourth-order valence-corrected chi connectivity index (χ4v) is 20.8. The van der Waals surface area contributed by atoms with E-state index in [0.717, 1.165) is 155 Å². The van der Waals surface area contributed by atoms with Crippen LogP contribution in [0.15, 0.2) is 199 Å². The fraction of sp³-hybridized carbons (Fsp3) is 0.324. The largest absolute Gasteiger partial charge is 0.463 e. The molecular formula is C108H118ClF6N11O17S6. The monoisotopic (exact) mass is 2180 g/mol. The van der Waals surface area contributed by atoms with Crippen LogP contribution in [0.25, 0.3) is 77.9 Å². The van der Waals surface area contributed by atoms with E-state index in [4.69, 9.17) is 74.8 Å². The summed E-state index contributed by atoms with van der Waals surface area (Å²) in [5, 5.41) is 25.7. The molecule has 14 aromatic rings. The number of aliphatic imine (C=N–C) groups is 1. The lowest BCUT2D eigenvalue weighted by molar-refractivity contribution is -0.134. The quantitative estimate of drug-likeness (QED) is 0.0205. The van der Waals surface area contributed by atoms with Gasteiger partial charge in [-0.3, -0.25) is 28.9 Å². The molecule has 792 valence electrons. The molecule has 0 spiro atoms. The molecule has 2 aliphatic heterocycles. The summed E-state index contributed by atoms with van der Waals surface area (Å²) in [7, 11) is 18.1. The number of ether oxygens (including phenoxy) is 10. The molecule has 28 nitrogen and oxygen atoms in total. The number of anilines is 1. The number of thiazole rings is 5. The number of aliphatic hydroxyl groups excluding tert-OH is 2. The molecular weight excluding hydrogens is 2070 g/mol. The molecule has 41 heteroatoms. The number of rotatable bonds is 39. The van der Waals surface area contributed by atoms with Crippen molar-refractivity contribution < 1.29 is 108 Å². The van der Waals surface area contributed by atoms with Crippen molar-refractivity contribution in [3.63, 3.8) is 0 Å². The van der Waals surface area contributed by atoms with Crippen molar-refractivity contribution in [2.75, 3.05) is 129 Å². The highest BCUT2D eigenvalue weighted by molar-refractivity contribution is 7.17. The number of likely N-dealkylation sites (tertiary alicyclic amines) is 1. The van der Waals surface area contributed by atoms with Crippen molar-refractivity contribution in [1.29, 1.82) is 0 Å². The summed E-state index contributed by atoms with van der Waals surface area (Å²) in [4.78, 5) is 96.2. The second-order valence-corrected chi connectivity index (χ2v) is 40.4. The summed E-state index contributed by atoms with van der Waals surface area (Å²) < 4.78 is 130.